The van der Waals surface area contributed by atoms with Gasteiger partial charge < -0.3 is 4.74 Å². The minimum atomic E-state index is -5.11. The maximum absolute atomic E-state index is 14.5. The van der Waals surface area contributed by atoms with Crippen molar-refractivity contribution in [1.29, 1.82) is 0 Å². The van der Waals surface area contributed by atoms with Gasteiger partial charge in [-0.25, -0.2) is 8.78 Å². The fourth-order valence-electron chi connectivity index (χ4n) is 5.67. The molecule has 0 heterocycles. The topological polar surface area (TPSA) is 9.23 Å². The minimum absolute atomic E-state index is 0.182. The molecule has 6 heteroatoms. The standard InChI is InChI=1S/C26H37F5O/c1-2-3-4-5-6-7-18-8-10-19(11-9-18)12-13-20-14-15-22-21(16-20)17-23(27)25(24(22)28)32-26(29,30)31/h17-20H,2-16H2,1H3. The van der Waals surface area contributed by atoms with Crippen LogP contribution in [0.2, 0.25) is 0 Å². The molecule has 0 spiro atoms. The number of fused-ring (bicyclic) bond motifs is 1. The van der Waals surface area contributed by atoms with E-state index < -0.39 is 23.7 Å². The van der Waals surface area contributed by atoms with Crippen molar-refractivity contribution in [2.24, 2.45) is 17.8 Å². The second-order valence-electron chi connectivity index (χ2n) is 9.96. The molecular weight excluding hydrogens is 423 g/mol. The van der Waals surface area contributed by atoms with Crippen LogP contribution >= 0.6 is 0 Å². The lowest BCUT2D eigenvalue weighted by atomic mass is 9.75. The number of hydrogen-bond donors (Lipinski definition) is 0. The van der Waals surface area contributed by atoms with Crippen LogP contribution < -0.4 is 4.74 Å². The summed E-state index contributed by atoms with van der Waals surface area (Å²) in [6.07, 6.45) is 12.0. The average molecular weight is 461 g/mol. The Morgan fingerprint density at radius 2 is 1.47 bits per heavy atom. The van der Waals surface area contributed by atoms with Crippen LogP contribution in [-0.2, 0) is 12.8 Å². The summed E-state index contributed by atoms with van der Waals surface area (Å²) in [5, 5.41) is 0. The van der Waals surface area contributed by atoms with E-state index in [0.717, 1.165) is 37.2 Å². The van der Waals surface area contributed by atoms with Crippen LogP contribution in [0, 0.1) is 29.4 Å². The predicted molar refractivity (Wildman–Crippen MR) is 117 cm³/mol. The Morgan fingerprint density at radius 1 is 0.844 bits per heavy atom. The van der Waals surface area contributed by atoms with Crippen LogP contribution in [0.4, 0.5) is 22.0 Å². The van der Waals surface area contributed by atoms with E-state index in [1.54, 1.807) is 0 Å². The maximum Gasteiger partial charge on any atom is 0.573 e. The van der Waals surface area contributed by atoms with E-state index in [2.05, 4.69) is 11.7 Å². The summed E-state index contributed by atoms with van der Waals surface area (Å²) in [5.41, 5.74) is 0.680. The Labute approximate surface area is 189 Å². The first-order valence-electron chi connectivity index (χ1n) is 12.5. The van der Waals surface area contributed by atoms with Crippen molar-refractivity contribution in [2.75, 3.05) is 0 Å². The number of halogens is 5. The van der Waals surface area contributed by atoms with Crippen LogP contribution in [0.1, 0.15) is 102 Å². The van der Waals surface area contributed by atoms with Gasteiger partial charge in [0, 0.05) is 0 Å². The summed E-state index contributed by atoms with van der Waals surface area (Å²) >= 11 is 0. The molecule has 0 radical (unpaired) electrons. The molecule has 0 amide bonds. The number of benzene rings is 1. The molecule has 1 fully saturated rings. The van der Waals surface area contributed by atoms with E-state index >= 15 is 0 Å². The molecule has 1 saturated carbocycles. The maximum atomic E-state index is 14.5. The zero-order chi connectivity index (χ0) is 23.1. The molecule has 1 unspecified atom stereocenters. The van der Waals surface area contributed by atoms with E-state index in [-0.39, 0.29) is 5.56 Å². The Balaban J connectivity index is 1.43. The summed E-state index contributed by atoms with van der Waals surface area (Å²) in [4.78, 5) is 0. The summed E-state index contributed by atoms with van der Waals surface area (Å²) in [5.74, 6) is -1.82. The lowest BCUT2D eigenvalue weighted by Gasteiger charge is -2.31. The van der Waals surface area contributed by atoms with Crippen molar-refractivity contribution in [3.05, 3.63) is 28.8 Å². The summed E-state index contributed by atoms with van der Waals surface area (Å²) < 4.78 is 69.5. The molecule has 2 aliphatic carbocycles. The van der Waals surface area contributed by atoms with Gasteiger partial charge in [-0.3, -0.25) is 0 Å². The second-order valence-corrected chi connectivity index (χ2v) is 9.96. The largest absolute Gasteiger partial charge is 0.573 e. The number of alkyl halides is 3. The zero-order valence-electron chi connectivity index (χ0n) is 19.2. The van der Waals surface area contributed by atoms with Gasteiger partial charge in [-0.2, -0.15) is 0 Å². The number of rotatable bonds is 10. The van der Waals surface area contributed by atoms with E-state index in [9.17, 15) is 22.0 Å². The third kappa shape index (κ3) is 7.34. The SMILES string of the molecule is CCCCCCCC1CCC(CCC2CCc3c(cc(F)c(OC(F)(F)F)c3F)C2)CC1. The van der Waals surface area contributed by atoms with Crippen molar-refractivity contribution in [2.45, 2.75) is 110 Å². The third-order valence-electron chi connectivity index (χ3n) is 7.56. The van der Waals surface area contributed by atoms with E-state index in [0.29, 0.717) is 24.3 Å². The molecule has 1 nitrogen and oxygen atoms in total. The molecule has 32 heavy (non-hydrogen) atoms. The highest BCUT2D eigenvalue weighted by molar-refractivity contribution is 5.40. The lowest BCUT2D eigenvalue weighted by Crippen LogP contribution is -2.22. The highest BCUT2D eigenvalue weighted by Crippen LogP contribution is 2.39. The van der Waals surface area contributed by atoms with E-state index in [1.807, 2.05) is 0 Å². The van der Waals surface area contributed by atoms with Crippen molar-refractivity contribution in [3.63, 3.8) is 0 Å². The lowest BCUT2D eigenvalue weighted by molar-refractivity contribution is -0.276. The molecule has 0 aromatic heterocycles. The van der Waals surface area contributed by atoms with Gasteiger partial charge in [0.1, 0.15) is 0 Å². The Bertz CT molecular complexity index is 722. The molecule has 2 aliphatic rings. The normalized spacial score (nSPS) is 23.8. The fourth-order valence-corrected chi connectivity index (χ4v) is 5.67. The Morgan fingerprint density at radius 3 is 2.12 bits per heavy atom. The molecule has 1 aromatic rings. The van der Waals surface area contributed by atoms with E-state index in [1.165, 1.54) is 64.2 Å². The first-order chi connectivity index (χ1) is 15.3. The molecule has 182 valence electrons. The third-order valence-corrected chi connectivity index (χ3v) is 7.56. The van der Waals surface area contributed by atoms with Gasteiger partial charge in [0.2, 0.25) is 5.75 Å². The predicted octanol–water partition coefficient (Wildman–Crippen LogP) is 8.92. The number of hydrogen-bond acceptors (Lipinski definition) is 1. The summed E-state index contributed by atoms with van der Waals surface area (Å²) in [6.45, 7) is 2.24. The highest BCUT2D eigenvalue weighted by atomic mass is 19.4. The minimum Gasteiger partial charge on any atom is -0.399 e. The smallest absolute Gasteiger partial charge is 0.399 e. The number of unbranched alkanes of at least 4 members (excludes halogenated alkanes) is 4. The first-order valence-corrected chi connectivity index (χ1v) is 12.5. The number of ether oxygens (including phenoxy) is 1. The van der Waals surface area contributed by atoms with Crippen LogP contribution in [0.3, 0.4) is 0 Å². The fraction of sp³-hybridized carbons (Fsp3) is 0.769. The molecule has 0 N–H and O–H groups in total. The molecule has 1 atom stereocenters. The molecule has 3 rings (SSSR count). The van der Waals surface area contributed by atoms with Crippen LogP contribution in [-0.4, -0.2) is 6.36 Å². The van der Waals surface area contributed by atoms with Crippen LogP contribution in [0.5, 0.6) is 5.75 Å². The van der Waals surface area contributed by atoms with Gasteiger partial charge in [-0.15, -0.1) is 13.2 Å². The van der Waals surface area contributed by atoms with Gasteiger partial charge in [0.05, 0.1) is 0 Å². The summed E-state index contributed by atoms with van der Waals surface area (Å²) in [7, 11) is 0. The van der Waals surface area contributed by atoms with Gasteiger partial charge in [-0.05, 0) is 60.6 Å². The van der Waals surface area contributed by atoms with Crippen molar-refractivity contribution < 1.29 is 26.7 Å². The zero-order valence-corrected chi connectivity index (χ0v) is 19.2. The molecule has 0 saturated heterocycles. The Hall–Kier alpha value is -1.33. The first kappa shape index (κ1) is 25.3. The Kier molecular flexibility index (Phi) is 9.24. The van der Waals surface area contributed by atoms with Gasteiger partial charge in [0.15, 0.2) is 11.6 Å². The van der Waals surface area contributed by atoms with Crippen molar-refractivity contribution >= 4 is 0 Å². The molecular formula is C26H37F5O. The summed E-state index contributed by atoms with van der Waals surface area (Å²) in [6, 6.07) is 1.04. The monoisotopic (exact) mass is 460 g/mol. The van der Waals surface area contributed by atoms with Crippen molar-refractivity contribution in [1.82, 2.24) is 0 Å². The van der Waals surface area contributed by atoms with Crippen LogP contribution in [0.15, 0.2) is 6.07 Å². The van der Waals surface area contributed by atoms with Gasteiger partial charge >= 0.3 is 6.36 Å². The van der Waals surface area contributed by atoms with Crippen molar-refractivity contribution in [3.8, 4) is 5.75 Å². The quantitative estimate of drug-likeness (QED) is 0.250. The second kappa shape index (κ2) is 11.7. The molecule has 0 bridgehead atoms. The molecule has 1 aromatic carbocycles. The highest BCUT2D eigenvalue weighted by Gasteiger charge is 2.36. The van der Waals surface area contributed by atoms with E-state index in [4.69, 9.17) is 0 Å². The van der Waals surface area contributed by atoms with Gasteiger partial charge in [-0.1, -0.05) is 77.6 Å². The van der Waals surface area contributed by atoms with Gasteiger partial charge in [0.25, 0.3) is 0 Å². The molecule has 0 aliphatic heterocycles. The van der Waals surface area contributed by atoms with Crippen LogP contribution in [0.25, 0.3) is 0 Å². The average Bonchev–Trinajstić information content (AvgIpc) is 2.75.